The van der Waals surface area contributed by atoms with Gasteiger partial charge in [-0.05, 0) is 48.9 Å². The molecule has 116 valence electrons. The van der Waals surface area contributed by atoms with E-state index >= 15 is 0 Å². The number of hydrogen-bond acceptors (Lipinski definition) is 3. The van der Waals surface area contributed by atoms with Gasteiger partial charge >= 0.3 is 0 Å². The molecular weight excluding hydrogens is 318 g/mol. The van der Waals surface area contributed by atoms with Crippen molar-refractivity contribution in [3.8, 4) is 0 Å². The van der Waals surface area contributed by atoms with Gasteiger partial charge in [0, 0.05) is 22.7 Å². The number of amides is 1. The van der Waals surface area contributed by atoms with Crippen LogP contribution in [0.25, 0.3) is 0 Å². The van der Waals surface area contributed by atoms with Crippen molar-refractivity contribution in [1.82, 2.24) is 0 Å². The highest BCUT2D eigenvalue weighted by Gasteiger charge is 2.14. The van der Waals surface area contributed by atoms with Crippen LogP contribution < -0.4 is 5.32 Å². The molecule has 0 unspecified atom stereocenters. The third-order valence-electron chi connectivity index (χ3n) is 3.00. The van der Waals surface area contributed by atoms with E-state index in [-0.39, 0.29) is 11.2 Å². The summed E-state index contributed by atoms with van der Waals surface area (Å²) in [5.74, 6) is -0.0329. The van der Waals surface area contributed by atoms with Gasteiger partial charge in [0.2, 0.25) is 5.91 Å². The van der Waals surface area contributed by atoms with Crippen LogP contribution in [-0.4, -0.2) is 18.3 Å². The van der Waals surface area contributed by atoms with Gasteiger partial charge in [-0.2, -0.15) is 0 Å². The van der Waals surface area contributed by atoms with Crippen LogP contribution >= 0.6 is 23.4 Å². The number of ether oxygens (including phenoxy) is 1. The summed E-state index contributed by atoms with van der Waals surface area (Å²) >= 11 is 7.36. The number of thioether (sulfide) groups is 1. The number of halogens is 1. The van der Waals surface area contributed by atoms with Crippen LogP contribution in [0.3, 0.4) is 0 Å². The number of hydrogen-bond donors (Lipinski definition) is 1. The number of benzene rings is 2. The summed E-state index contributed by atoms with van der Waals surface area (Å²) < 4.78 is 5.10. The zero-order valence-electron chi connectivity index (χ0n) is 12.5. The first-order chi connectivity index (χ1) is 10.6. The minimum atomic E-state index is -0.202. The molecule has 1 N–H and O–H groups in total. The van der Waals surface area contributed by atoms with Crippen molar-refractivity contribution in [3.63, 3.8) is 0 Å². The monoisotopic (exact) mass is 335 g/mol. The van der Waals surface area contributed by atoms with E-state index in [1.165, 1.54) is 11.8 Å². The maximum atomic E-state index is 12.3. The topological polar surface area (TPSA) is 38.3 Å². The predicted molar refractivity (Wildman–Crippen MR) is 92.6 cm³/mol. The standard InChI is InChI=1S/C17H18ClNO2S/c1-12(22-16-8-6-14(18)7-9-16)17(20)19-15-5-3-4-13(10-15)11-21-2/h3-10,12H,11H2,1-2H3,(H,19,20)/t12-/m0/s1. The highest BCUT2D eigenvalue weighted by molar-refractivity contribution is 8.00. The Morgan fingerprint density at radius 2 is 2.00 bits per heavy atom. The van der Waals surface area contributed by atoms with E-state index in [1.807, 2.05) is 55.5 Å². The van der Waals surface area contributed by atoms with Crippen LogP contribution in [0, 0.1) is 0 Å². The van der Waals surface area contributed by atoms with Crippen molar-refractivity contribution < 1.29 is 9.53 Å². The normalized spacial score (nSPS) is 12.0. The van der Waals surface area contributed by atoms with Crippen molar-refractivity contribution >= 4 is 35.0 Å². The van der Waals surface area contributed by atoms with Gasteiger partial charge in [-0.25, -0.2) is 0 Å². The minimum Gasteiger partial charge on any atom is -0.380 e. The summed E-state index contributed by atoms with van der Waals surface area (Å²) in [4.78, 5) is 13.3. The maximum Gasteiger partial charge on any atom is 0.237 e. The number of anilines is 1. The Hall–Kier alpha value is -1.49. The van der Waals surface area contributed by atoms with Gasteiger partial charge in [-0.3, -0.25) is 4.79 Å². The molecule has 0 fully saturated rings. The van der Waals surface area contributed by atoms with E-state index in [9.17, 15) is 4.79 Å². The zero-order valence-corrected chi connectivity index (χ0v) is 14.1. The average Bonchev–Trinajstić information content (AvgIpc) is 2.50. The second-order valence-electron chi connectivity index (χ2n) is 4.84. The summed E-state index contributed by atoms with van der Waals surface area (Å²) in [6.07, 6.45) is 0. The largest absolute Gasteiger partial charge is 0.380 e. The van der Waals surface area contributed by atoms with Crippen molar-refractivity contribution in [2.45, 2.75) is 23.7 Å². The molecule has 3 nitrogen and oxygen atoms in total. The number of nitrogens with one attached hydrogen (secondary N) is 1. The Balaban J connectivity index is 1.96. The van der Waals surface area contributed by atoms with Gasteiger partial charge < -0.3 is 10.1 Å². The second kappa shape index (κ2) is 8.22. The molecule has 2 rings (SSSR count). The Kier molecular flexibility index (Phi) is 6.31. The maximum absolute atomic E-state index is 12.3. The lowest BCUT2D eigenvalue weighted by Crippen LogP contribution is -2.22. The van der Waals surface area contributed by atoms with Crippen LogP contribution in [0.2, 0.25) is 5.02 Å². The molecule has 0 aliphatic rings. The van der Waals surface area contributed by atoms with E-state index in [0.29, 0.717) is 11.6 Å². The molecule has 0 heterocycles. The first-order valence-corrected chi connectivity index (χ1v) is 8.15. The molecule has 5 heteroatoms. The lowest BCUT2D eigenvalue weighted by Gasteiger charge is -2.13. The number of methoxy groups -OCH3 is 1. The first-order valence-electron chi connectivity index (χ1n) is 6.89. The third kappa shape index (κ3) is 5.05. The summed E-state index contributed by atoms with van der Waals surface area (Å²) in [6, 6.07) is 15.1. The van der Waals surface area contributed by atoms with Crippen LogP contribution in [0.1, 0.15) is 12.5 Å². The molecule has 1 amide bonds. The van der Waals surface area contributed by atoms with E-state index < -0.39 is 0 Å². The molecule has 0 bridgehead atoms. The molecule has 0 spiro atoms. The van der Waals surface area contributed by atoms with Crippen molar-refractivity contribution in [2.24, 2.45) is 0 Å². The van der Waals surface area contributed by atoms with Crippen molar-refractivity contribution in [2.75, 3.05) is 12.4 Å². The zero-order chi connectivity index (χ0) is 15.9. The van der Waals surface area contributed by atoms with Gasteiger partial charge in [0.15, 0.2) is 0 Å². The van der Waals surface area contributed by atoms with Gasteiger partial charge in [-0.1, -0.05) is 23.7 Å². The van der Waals surface area contributed by atoms with Crippen LogP contribution in [0.4, 0.5) is 5.69 Å². The average molecular weight is 336 g/mol. The number of rotatable bonds is 6. The second-order valence-corrected chi connectivity index (χ2v) is 6.69. The van der Waals surface area contributed by atoms with Gasteiger partial charge in [0.25, 0.3) is 0 Å². The molecule has 1 atom stereocenters. The summed E-state index contributed by atoms with van der Waals surface area (Å²) in [5, 5.41) is 3.42. The molecule has 22 heavy (non-hydrogen) atoms. The molecule has 0 aliphatic carbocycles. The van der Waals surface area contributed by atoms with E-state index in [1.54, 1.807) is 7.11 Å². The van der Waals surface area contributed by atoms with Gasteiger partial charge in [0.1, 0.15) is 0 Å². The molecule has 0 radical (unpaired) electrons. The quantitative estimate of drug-likeness (QED) is 0.784. The molecular formula is C17H18ClNO2S. The first kappa shape index (κ1) is 16.9. The minimum absolute atomic E-state index is 0.0329. The third-order valence-corrected chi connectivity index (χ3v) is 4.37. The fourth-order valence-corrected chi connectivity index (χ4v) is 2.91. The number of carbonyl (C=O) groups is 1. The summed E-state index contributed by atoms with van der Waals surface area (Å²) in [7, 11) is 1.65. The summed E-state index contributed by atoms with van der Waals surface area (Å²) in [6.45, 7) is 2.41. The SMILES string of the molecule is COCc1cccc(NC(=O)[C@H](C)Sc2ccc(Cl)cc2)c1. The Bertz CT molecular complexity index is 631. The highest BCUT2D eigenvalue weighted by atomic mass is 35.5. The predicted octanol–water partition coefficient (Wildman–Crippen LogP) is 4.61. The van der Waals surface area contributed by atoms with Crippen LogP contribution in [0.15, 0.2) is 53.4 Å². The summed E-state index contributed by atoms with van der Waals surface area (Å²) in [5.41, 5.74) is 1.81. The lowest BCUT2D eigenvalue weighted by molar-refractivity contribution is -0.115. The molecule has 0 saturated carbocycles. The van der Waals surface area contributed by atoms with E-state index in [4.69, 9.17) is 16.3 Å². The van der Waals surface area contributed by atoms with Crippen LogP contribution in [0.5, 0.6) is 0 Å². The van der Waals surface area contributed by atoms with Gasteiger partial charge in [0.05, 0.1) is 11.9 Å². The van der Waals surface area contributed by atoms with E-state index in [2.05, 4.69) is 5.32 Å². The highest BCUT2D eigenvalue weighted by Crippen LogP contribution is 2.25. The lowest BCUT2D eigenvalue weighted by atomic mass is 10.2. The fraction of sp³-hybridized carbons (Fsp3) is 0.235. The van der Waals surface area contributed by atoms with Crippen molar-refractivity contribution in [1.29, 1.82) is 0 Å². The molecule has 0 aromatic heterocycles. The molecule has 0 saturated heterocycles. The fourth-order valence-electron chi connectivity index (χ4n) is 1.92. The molecule has 2 aromatic rings. The Labute approximate surface area is 140 Å². The Morgan fingerprint density at radius 3 is 2.68 bits per heavy atom. The van der Waals surface area contributed by atoms with Crippen molar-refractivity contribution in [3.05, 3.63) is 59.1 Å². The van der Waals surface area contributed by atoms with E-state index in [0.717, 1.165) is 16.1 Å². The number of carbonyl (C=O) groups excluding carboxylic acids is 1. The van der Waals surface area contributed by atoms with Crippen LogP contribution in [-0.2, 0) is 16.1 Å². The Morgan fingerprint density at radius 1 is 1.27 bits per heavy atom. The smallest absolute Gasteiger partial charge is 0.237 e. The molecule has 0 aliphatic heterocycles. The molecule has 2 aromatic carbocycles. The van der Waals surface area contributed by atoms with Gasteiger partial charge in [-0.15, -0.1) is 11.8 Å².